The third-order valence-corrected chi connectivity index (χ3v) is 3.49. The van der Waals surface area contributed by atoms with Crippen molar-refractivity contribution in [3.8, 4) is 0 Å². The first kappa shape index (κ1) is 14.7. The summed E-state index contributed by atoms with van der Waals surface area (Å²) in [6.45, 7) is 11.8. The number of hydrogen-bond acceptors (Lipinski definition) is 3. The van der Waals surface area contributed by atoms with Crippen LogP contribution in [0.4, 0.5) is 5.82 Å². The number of nitrogens with one attached hydrogen (secondary N) is 1. The lowest BCUT2D eigenvalue weighted by Gasteiger charge is -2.22. The van der Waals surface area contributed by atoms with Crippen LogP contribution in [-0.2, 0) is 11.8 Å². The predicted molar refractivity (Wildman–Crippen MR) is 81.6 cm³/mol. The lowest BCUT2D eigenvalue weighted by molar-refractivity contribution is 0.558. The van der Waals surface area contributed by atoms with Gasteiger partial charge in [0.1, 0.15) is 11.6 Å². The third-order valence-electron chi connectivity index (χ3n) is 2.47. The molecule has 0 aliphatic carbocycles. The highest BCUT2D eigenvalue weighted by Gasteiger charge is 2.22. The number of hydrogen-bond donors (Lipinski definition) is 1. The molecule has 0 atom stereocenters. The van der Waals surface area contributed by atoms with Crippen molar-refractivity contribution in [1.82, 2.24) is 9.97 Å². The molecule has 0 spiro atoms. The molecule has 17 heavy (non-hydrogen) atoms. The molecule has 3 nitrogen and oxygen atoms in total. The first-order valence-electron chi connectivity index (χ1n) is 6.20. The molecule has 0 radical (unpaired) electrons. The lowest BCUT2D eigenvalue weighted by Crippen LogP contribution is -2.20. The van der Waals surface area contributed by atoms with Gasteiger partial charge >= 0.3 is 0 Å². The molecule has 96 valence electrons. The molecule has 0 saturated heterocycles. The van der Waals surface area contributed by atoms with E-state index in [0.717, 1.165) is 40.3 Å². The Morgan fingerprint density at radius 1 is 1.18 bits per heavy atom. The number of halogens is 1. The second-order valence-corrected chi connectivity index (χ2v) is 6.26. The van der Waals surface area contributed by atoms with Gasteiger partial charge in [-0.15, -0.1) is 0 Å². The van der Waals surface area contributed by atoms with Crippen molar-refractivity contribution in [3.63, 3.8) is 0 Å². The number of rotatable bonds is 4. The first-order chi connectivity index (χ1) is 7.90. The summed E-state index contributed by atoms with van der Waals surface area (Å²) in [6, 6.07) is 0. The van der Waals surface area contributed by atoms with Crippen molar-refractivity contribution in [2.45, 2.75) is 52.9 Å². The van der Waals surface area contributed by atoms with Crippen molar-refractivity contribution in [3.05, 3.63) is 15.1 Å². The largest absolute Gasteiger partial charge is 0.369 e. The maximum atomic E-state index is 4.67. The third kappa shape index (κ3) is 3.79. The minimum atomic E-state index is 0.0615. The van der Waals surface area contributed by atoms with Crippen LogP contribution in [0, 0.1) is 3.57 Å². The highest BCUT2D eigenvalue weighted by Crippen LogP contribution is 2.29. The van der Waals surface area contributed by atoms with Crippen LogP contribution in [0.25, 0.3) is 0 Å². The molecule has 0 aliphatic rings. The topological polar surface area (TPSA) is 37.8 Å². The van der Waals surface area contributed by atoms with E-state index in [4.69, 9.17) is 0 Å². The SMILES string of the molecule is CCCNc1nc(CC)nc(C(C)(C)C)c1I. The van der Waals surface area contributed by atoms with E-state index in [1.54, 1.807) is 0 Å². The quantitative estimate of drug-likeness (QED) is 0.843. The van der Waals surface area contributed by atoms with E-state index in [1.165, 1.54) is 0 Å². The van der Waals surface area contributed by atoms with Gasteiger partial charge in [0.05, 0.1) is 9.26 Å². The van der Waals surface area contributed by atoms with Gasteiger partial charge in [0, 0.05) is 18.4 Å². The maximum absolute atomic E-state index is 4.67. The van der Waals surface area contributed by atoms with Crippen molar-refractivity contribution in [2.24, 2.45) is 0 Å². The normalized spacial score (nSPS) is 11.6. The van der Waals surface area contributed by atoms with Crippen molar-refractivity contribution in [1.29, 1.82) is 0 Å². The highest BCUT2D eigenvalue weighted by molar-refractivity contribution is 14.1. The van der Waals surface area contributed by atoms with Gasteiger partial charge in [-0.25, -0.2) is 9.97 Å². The smallest absolute Gasteiger partial charge is 0.143 e. The molecule has 1 heterocycles. The van der Waals surface area contributed by atoms with Crippen molar-refractivity contribution >= 4 is 28.4 Å². The Morgan fingerprint density at radius 3 is 2.29 bits per heavy atom. The summed E-state index contributed by atoms with van der Waals surface area (Å²) >= 11 is 2.35. The average Bonchev–Trinajstić information content (AvgIpc) is 2.26. The fourth-order valence-corrected chi connectivity index (χ4v) is 2.75. The van der Waals surface area contributed by atoms with E-state index >= 15 is 0 Å². The Bertz CT molecular complexity index is 383. The minimum Gasteiger partial charge on any atom is -0.369 e. The van der Waals surface area contributed by atoms with Gasteiger partial charge in [-0.05, 0) is 29.0 Å². The summed E-state index contributed by atoms with van der Waals surface area (Å²) in [5.74, 6) is 1.91. The van der Waals surface area contributed by atoms with Gasteiger partial charge < -0.3 is 5.32 Å². The minimum absolute atomic E-state index is 0.0615. The van der Waals surface area contributed by atoms with Crippen LogP contribution in [0.2, 0.25) is 0 Å². The van der Waals surface area contributed by atoms with Crippen LogP contribution >= 0.6 is 22.6 Å². The monoisotopic (exact) mass is 347 g/mol. The number of nitrogens with zero attached hydrogens (tertiary/aromatic N) is 2. The van der Waals surface area contributed by atoms with Crippen molar-refractivity contribution in [2.75, 3.05) is 11.9 Å². The Kier molecular flexibility index (Phi) is 5.16. The summed E-state index contributed by atoms with van der Waals surface area (Å²) in [5, 5.41) is 3.39. The van der Waals surface area contributed by atoms with Crippen LogP contribution in [-0.4, -0.2) is 16.5 Å². The Morgan fingerprint density at radius 2 is 1.82 bits per heavy atom. The standard InChI is InChI=1S/C13H22IN3/c1-6-8-15-12-10(14)11(13(3,4)5)16-9(7-2)17-12/h6-8H2,1-5H3,(H,15,16,17). The van der Waals surface area contributed by atoms with Gasteiger partial charge in [0.15, 0.2) is 0 Å². The van der Waals surface area contributed by atoms with Crippen LogP contribution < -0.4 is 5.32 Å². The molecule has 1 aromatic rings. The summed E-state index contributed by atoms with van der Waals surface area (Å²) in [6.07, 6.45) is 1.98. The zero-order valence-corrected chi connectivity index (χ0v) is 13.6. The van der Waals surface area contributed by atoms with Crippen LogP contribution in [0.1, 0.15) is 52.6 Å². The lowest BCUT2D eigenvalue weighted by atomic mass is 9.92. The second-order valence-electron chi connectivity index (χ2n) is 5.18. The van der Waals surface area contributed by atoms with Gasteiger partial charge in [-0.3, -0.25) is 0 Å². The molecular weight excluding hydrogens is 325 g/mol. The fraction of sp³-hybridized carbons (Fsp3) is 0.692. The molecule has 1 N–H and O–H groups in total. The van der Waals surface area contributed by atoms with Crippen molar-refractivity contribution < 1.29 is 0 Å². The van der Waals surface area contributed by atoms with E-state index < -0.39 is 0 Å². The van der Waals surface area contributed by atoms with Gasteiger partial charge in [-0.1, -0.05) is 34.6 Å². The van der Waals surface area contributed by atoms with E-state index in [-0.39, 0.29) is 5.41 Å². The molecule has 1 aromatic heterocycles. The molecule has 0 aromatic carbocycles. The summed E-state index contributed by atoms with van der Waals surface area (Å²) in [7, 11) is 0. The molecule has 0 bridgehead atoms. The molecule has 0 unspecified atom stereocenters. The predicted octanol–water partition coefficient (Wildman–Crippen LogP) is 3.76. The Labute approximate surface area is 118 Å². The zero-order valence-electron chi connectivity index (χ0n) is 11.4. The number of aryl methyl sites for hydroxylation is 1. The maximum Gasteiger partial charge on any atom is 0.143 e. The molecular formula is C13H22IN3. The molecule has 0 amide bonds. The molecule has 0 saturated carbocycles. The summed E-state index contributed by atoms with van der Waals surface area (Å²) in [5.41, 5.74) is 1.20. The summed E-state index contributed by atoms with van der Waals surface area (Å²) < 4.78 is 1.15. The highest BCUT2D eigenvalue weighted by atomic mass is 127. The van der Waals surface area contributed by atoms with E-state index in [2.05, 4.69) is 72.5 Å². The van der Waals surface area contributed by atoms with Gasteiger partial charge in [0.25, 0.3) is 0 Å². The zero-order chi connectivity index (χ0) is 13.1. The van der Waals surface area contributed by atoms with Gasteiger partial charge in [0.2, 0.25) is 0 Å². The Hall–Kier alpha value is -0.390. The number of anilines is 1. The van der Waals surface area contributed by atoms with Crippen LogP contribution in [0.5, 0.6) is 0 Å². The molecule has 0 aliphatic heterocycles. The fourth-order valence-electron chi connectivity index (χ4n) is 1.51. The van der Waals surface area contributed by atoms with E-state index in [0.29, 0.717) is 0 Å². The molecule has 4 heteroatoms. The molecule has 0 fully saturated rings. The van der Waals surface area contributed by atoms with Gasteiger partial charge in [-0.2, -0.15) is 0 Å². The average molecular weight is 347 g/mol. The van der Waals surface area contributed by atoms with Crippen LogP contribution in [0.3, 0.4) is 0 Å². The molecule has 1 rings (SSSR count). The Balaban J connectivity index is 3.21. The first-order valence-corrected chi connectivity index (χ1v) is 7.28. The number of aromatic nitrogens is 2. The van der Waals surface area contributed by atoms with Crippen LogP contribution in [0.15, 0.2) is 0 Å². The van der Waals surface area contributed by atoms with E-state index in [1.807, 2.05) is 0 Å². The second kappa shape index (κ2) is 5.98. The van der Waals surface area contributed by atoms with E-state index in [9.17, 15) is 0 Å². The summed E-state index contributed by atoms with van der Waals surface area (Å²) in [4.78, 5) is 9.24.